The van der Waals surface area contributed by atoms with Crippen LogP contribution in [0.2, 0.25) is 10.0 Å². The molecule has 0 fully saturated rings. The highest BCUT2D eigenvalue weighted by atomic mass is 35.5. The monoisotopic (exact) mass is 483 g/mol. The Morgan fingerprint density at radius 2 is 1.58 bits per heavy atom. The van der Waals surface area contributed by atoms with Crippen molar-refractivity contribution in [1.29, 1.82) is 0 Å². The molecule has 0 saturated heterocycles. The van der Waals surface area contributed by atoms with Crippen LogP contribution in [0.25, 0.3) is 0 Å². The zero-order valence-corrected chi connectivity index (χ0v) is 18.7. The van der Waals surface area contributed by atoms with E-state index in [0.717, 1.165) is 10.5 Å². The molecule has 0 spiro atoms. The van der Waals surface area contributed by atoms with Gasteiger partial charge in [-0.25, -0.2) is 13.1 Å². The lowest BCUT2D eigenvalue weighted by Gasteiger charge is -2.21. The van der Waals surface area contributed by atoms with Crippen molar-refractivity contribution < 1.29 is 22.8 Å². The molecule has 1 aliphatic rings. The van der Waals surface area contributed by atoms with Gasteiger partial charge in [-0.1, -0.05) is 53.5 Å². The first-order valence-electron chi connectivity index (χ1n) is 9.26. The van der Waals surface area contributed by atoms with Crippen LogP contribution >= 0.6 is 23.2 Å². The molecule has 31 heavy (non-hydrogen) atoms. The maximum Gasteiger partial charge on any atom is 0.262 e. The van der Waals surface area contributed by atoms with Crippen molar-refractivity contribution in [2.45, 2.75) is 19.5 Å². The Kier molecular flexibility index (Phi) is 7.00. The van der Waals surface area contributed by atoms with Crippen LogP contribution in [0, 0.1) is 0 Å². The number of benzene rings is 2. The lowest BCUT2D eigenvalue weighted by Crippen LogP contribution is -2.48. The minimum absolute atomic E-state index is 0.0618. The van der Waals surface area contributed by atoms with Crippen LogP contribution in [-0.2, 0) is 21.4 Å². The van der Waals surface area contributed by atoms with Gasteiger partial charge in [0.25, 0.3) is 11.8 Å². The van der Waals surface area contributed by atoms with Crippen molar-refractivity contribution in [2.24, 2.45) is 0 Å². The summed E-state index contributed by atoms with van der Waals surface area (Å²) in [4.78, 5) is 38.4. The summed E-state index contributed by atoms with van der Waals surface area (Å²) in [6, 6.07) is 10.4. The number of fused-ring (bicyclic) bond motifs is 1. The van der Waals surface area contributed by atoms with Gasteiger partial charge in [0.15, 0.2) is 0 Å². The number of carbonyl (C=O) groups is 3. The summed E-state index contributed by atoms with van der Waals surface area (Å²) in [6.45, 7) is 1.32. The molecule has 0 radical (unpaired) electrons. The van der Waals surface area contributed by atoms with Crippen molar-refractivity contribution >= 4 is 50.9 Å². The fourth-order valence-electron chi connectivity index (χ4n) is 3.04. The Balaban J connectivity index is 1.56. The van der Waals surface area contributed by atoms with Gasteiger partial charge in [-0.2, -0.15) is 0 Å². The van der Waals surface area contributed by atoms with E-state index in [1.165, 1.54) is 19.1 Å². The van der Waals surface area contributed by atoms with Gasteiger partial charge < -0.3 is 5.32 Å². The van der Waals surface area contributed by atoms with Crippen LogP contribution in [0.15, 0.2) is 42.5 Å². The Morgan fingerprint density at radius 1 is 1.03 bits per heavy atom. The molecule has 0 bridgehead atoms. The summed E-state index contributed by atoms with van der Waals surface area (Å²) in [5.74, 6) is -2.35. The molecule has 3 amide bonds. The SMILES string of the molecule is CC(C(=O)NCCS(=O)(=O)NCc1ccccc1)N1C(=O)c2cc(Cl)c(Cl)cc2C1=O. The van der Waals surface area contributed by atoms with E-state index >= 15 is 0 Å². The van der Waals surface area contributed by atoms with Crippen LogP contribution in [0.4, 0.5) is 0 Å². The predicted octanol–water partition coefficient (Wildman–Crippen LogP) is 2.21. The summed E-state index contributed by atoms with van der Waals surface area (Å²) in [6.07, 6.45) is 0. The first kappa shape index (κ1) is 23.2. The molecule has 8 nitrogen and oxygen atoms in total. The third-order valence-corrected chi connectivity index (χ3v) is 6.78. The number of hydrogen-bond donors (Lipinski definition) is 2. The van der Waals surface area contributed by atoms with Gasteiger partial charge in [0.05, 0.1) is 26.9 Å². The number of hydrogen-bond acceptors (Lipinski definition) is 5. The molecule has 2 aromatic rings. The summed E-state index contributed by atoms with van der Waals surface area (Å²) >= 11 is 11.8. The van der Waals surface area contributed by atoms with E-state index in [1.54, 1.807) is 24.3 Å². The predicted molar refractivity (Wildman–Crippen MR) is 117 cm³/mol. The molecule has 1 atom stereocenters. The lowest BCUT2D eigenvalue weighted by atomic mass is 10.1. The largest absolute Gasteiger partial charge is 0.353 e. The smallest absolute Gasteiger partial charge is 0.262 e. The first-order valence-corrected chi connectivity index (χ1v) is 11.7. The molecule has 0 aliphatic carbocycles. The lowest BCUT2D eigenvalue weighted by molar-refractivity contribution is -0.124. The topological polar surface area (TPSA) is 113 Å². The number of carbonyl (C=O) groups excluding carboxylic acids is 3. The van der Waals surface area contributed by atoms with Crippen LogP contribution in [0.1, 0.15) is 33.2 Å². The molecule has 1 unspecified atom stereocenters. The Morgan fingerprint density at radius 3 is 2.13 bits per heavy atom. The highest BCUT2D eigenvalue weighted by Gasteiger charge is 2.41. The van der Waals surface area contributed by atoms with Crippen LogP contribution in [0.3, 0.4) is 0 Å². The molecule has 3 rings (SSSR count). The molecule has 2 aromatic carbocycles. The highest BCUT2D eigenvalue weighted by Crippen LogP contribution is 2.32. The fourth-order valence-corrected chi connectivity index (χ4v) is 4.27. The van der Waals surface area contributed by atoms with E-state index in [1.807, 2.05) is 6.07 Å². The third kappa shape index (κ3) is 5.24. The maximum absolute atomic E-state index is 12.6. The van der Waals surface area contributed by atoms with Crippen LogP contribution < -0.4 is 10.0 Å². The molecule has 0 saturated carbocycles. The third-order valence-electron chi connectivity index (χ3n) is 4.73. The number of rotatable bonds is 8. The molecule has 0 aromatic heterocycles. The summed E-state index contributed by atoms with van der Waals surface area (Å²) < 4.78 is 26.7. The van der Waals surface area contributed by atoms with Gasteiger partial charge >= 0.3 is 0 Å². The Hall–Kier alpha value is -2.46. The standard InChI is InChI=1S/C20H19Cl2N3O5S/c1-12(25-19(27)14-9-16(21)17(22)10-15(14)20(25)28)18(26)23-7-8-31(29,30)24-11-13-5-3-2-4-6-13/h2-6,9-10,12,24H,7-8,11H2,1H3,(H,23,26). The van der Waals surface area contributed by atoms with Crippen molar-refractivity contribution in [2.75, 3.05) is 12.3 Å². The number of imide groups is 1. The van der Waals surface area contributed by atoms with Crippen LogP contribution in [-0.4, -0.2) is 49.4 Å². The zero-order chi connectivity index (χ0) is 22.8. The summed E-state index contributed by atoms with van der Waals surface area (Å²) in [7, 11) is -3.64. The molecule has 1 heterocycles. The normalized spacial score (nSPS) is 14.5. The van der Waals surface area contributed by atoms with E-state index in [0.29, 0.717) is 0 Å². The molecular formula is C20H19Cl2N3O5S. The Bertz CT molecular complexity index is 1100. The second-order valence-corrected chi connectivity index (χ2v) is 9.63. The van der Waals surface area contributed by atoms with Crippen molar-refractivity contribution in [1.82, 2.24) is 14.9 Å². The summed E-state index contributed by atoms with van der Waals surface area (Å²) in [5.41, 5.74) is 0.924. The van der Waals surface area contributed by atoms with E-state index in [-0.39, 0.29) is 40.0 Å². The number of nitrogens with zero attached hydrogens (tertiary/aromatic N) is 1. The van der Waals surface area contributed by atoms with Crippen molar-refractivity contribution in [3.05, 3.63) is 69.2 Å². The molecule has 164 valence electrons. The highest BCUT2D eigenvalue weighted by molar-refractivity contribution is 7.89. The average Bonchev–Trinajstić information content (AvgIpc) is 2.96. The quantitative estimate of drug-likeness (QED) is 0.558. The van der Waals surface area contributed by atoms with E-state index in [9.17, 15) is 22.8 Å². The van der Waals surface area contributed by atoms with Gasteiger partial charge in [0.2, 0.25) is 15.9 Å². The zero-order valence-electron chi connectivity index (χ0n) is 16.4. The van der Waals surface area contributed by atoms with E-state index in [2.05, 4.69) is 10.0 Å². The van der Waals surface area contributed by atoms with Crippen molar-refractivity contribution in [3.8, 4) is 0 Å². The van der Waals surface area contributed by atoms with E-state index in [4.69, 9.17) is 23.2 Å². The first-order chi connectivity index (χ1) is 14.6. The minimum Gasteiger partial charge on any atom is -0.353 e. The van der Waals surface area contributed by atoms with E-state index < -0.39 is 33.8 Å². The van der Waals surface area contributed by atoms with Gasteiger partial charge in [-0.3, -0.25) is 19.3 Å². The van der Waals surface area contributed by atoms with Gasteiger partial charge in [-0.15, -0.1) is 0 Å². The van der Waals surface area contributed by atoms with Gasteiger partial charge in [0, 0.05) is 13.1 Å². The molecule has 1 aliphatic heterocycles. The number of sulfonamides is 1. The maximum atomic E-state index is 12.6. The molecule has 11 heteroatoms. The fraction of sp³-hybridized carbons (Fsp3) is 0.250. The number of nitrogens with one attached hydrogen (secondary N) is 2. The second-order valence-electron chi connectivity index (χ2n) is 6.88. The molecule has 2 N–H and O–H groups in total. The van der Waals surface area contributed by atoms with Gasteiger partial charge in [0.1, 0.15) is 6.04 Å². The minimum atomic E-state index is -3.64. The Labute approximate surface area is 189 Å². The summed E-state index contributed by atoms with van der Waals surface area (Å²) in [5, 5.41) is 2.69. The number of halogens is 2. The van der Waals surface area contributed by atoms with Crippen LogP contribution in [0.5, 0.6) is 0 Å². The average molecular weight is 484 g/mol. The molecular weight excluding hydrogens is 465 g/mol. The second kappa shape index (κ2) is 9.35. The van der Waals surface area contributed by atoms with Crippen molar-refractivity contribution in [3.63, 3.8) is 0 Å². The van der Waals surface area contributed by atoms with Gasteiger partial charge in [-0.05, 0) is 24.6 Å². The number of amides is 3.